The fourth-order valence-corrected chi connectivity index (χ4v) is 7.96. The van der Waals surface area contributed by atoms with Gasteiger partial charge in [0.15, 0.2) is 11.4 Å². The Hall–Kier alpha value is -0.490. The smallest absolute Gasteiger partial charge is 0.303 e. The number of hydrogen-bond acceptors (Lipinski definition) is 4. The number of carbonyl (C=O) groups is 3. The lowest BCUT2D eigenvalue weighted by Gasteiger charge is -2.55. The molecule has 3 saturated carbocycles. The van der Waals surface area contributed by atoms with Gasteiger partial charge in [0.25, 0.3) is 0 Å². The molecule has 0 bridgehead atoms. The van der Waals surface area contributed by atoms with Crippen LogP contribution in [0.25, 0.3) is 0 Å². The van der Waals surface area contributed by atoms with Crippen LogP contribution in [-0.4, -0.2) is 26.9 Å². The lowest BCUT2D eigenvalue weighted by atomic mass is 9.50. The second kappa shape index (κ2) is 7.33. The van der Waals surface area contributed by atoms with Crippen molar-refractivity contribution in [3.05, 3.63) is 11.6 Å². The highest BCUT2D eigenvalue weighted by atomic mass is 79.9. The van der Waals surface area contributed by atoms with Crippen LogP contribution in [0, 0.1) is 29.1 Å². The molecule has 0 aliphatic heterocycles. The molecular formula is C22H28Br2O4. The molecular weight excluding hydrogens is 488 g/mol. The average Bonchev–Trinajstić information content (AvgIpc) is 2.93. The van der Waals surface area contributed by atoms with Crippen LogP contribution in [0.4, 0.5) is 0 Å². The van der Waals surface area contributed by atoms with E-state index < -0.39 is 9.34 Å². The van der Waals surface area contributed by atoms with Crippen LogP contribution in [0.1, 0.15) is 65.2 Å². The summed E-state index contributed by atoms with van der Waals surface area (Å²) in [5, 5.41) is 0. The standard InChI is InChI=1S/C22H28Br2O4/c1-12(25)28-22(19(27)20(23)24)10-8-18-17-5-3-13-11-14(26)4-6-15(13)16(17)7-9-21(18,22)2/h11,15-18,20H,3-10H2,1-2H3. The summed E-state index contributed by atoms with van der Waals surface area (Å²) in [7, 11) is 0. The number of ketones is 2. The Morgan fingerprint density at radius 2 is 1.86 bits per heavy atom. The Balaban J connectivity index is 1.68. The van der Waals surface area contributed by atoms with E-state index in [1.165, 1.54) is 12.5 Å². The van der Waals surface area contributed by atoms with Gasteiger partial charge in [-0.2, -0.15) is 0 Å². The van der Waals surface area contributed by atoms with Crippen molar-refractivity contribution >= 4 is 49.4 Å². The SMILES string of the molecule is CC(=O)OC1(C(=O)C(Br)Br)CCC2C3CCC4=CC(=O)CCC4C3CCC21C. The summed E-state index contributed by atoms with van der Waals surface area (Å²) in [5.74, 6) is 1.89. The van der Waals surface area contributed by atoms with Crippen molar-refractivity contribution in [1.82, 2.24) is 0 Å². The molecule has 0 spiro atoms. The third-order valence-electron chi connectivity index (χ3n) is 8.33. The van der Waals surface area contributed by atoms with Crippen molar-refractivity contribution in [1.29, 1.82) is 0 Å². The van der Waals surface area contributed by atoms with E-state index in [0.29, 0.717) is 36.5 Å². The van der Waals surface area contributed by atoms with Crippen LogP contribution in [0.15, 0.2) is 11.6 Å². The predicted octanol–water partition coefficient (Wildman–Crippen LogP) is 5.12. The predicted molar refractivity (Wildman–Crippen MR) is 113 cm³/mol. The average molecular weight is 516 g/mol. The Kier molecular flexibility index (Phi) is 5.44. The molecule has 4 rings (SSSR count). The number of ether oxygens (including phenoxy) is 1. The van der Waals surface area contributed by atoms with Gasteiger partial charge in [0.1, 0.15) is 3.74 Å². The number of fused-ring (bicyclic) bond motifs is 5. The van der Waals surface area contributed by atoms with E-state index in [4.69, 9.17) is 4.74 Å². The molecule has 0 N–H and O–H groups in total. The lowest BCUT2D eigenvalue weighted by molar-refractivity contribution is -0.185. The van der Waals surface area contributed by atoms with Gasteiger partial charge in [-0.05, 0) is 74.7 Å². The van der Waals surface area contributed by atoms with E-state index in [9.17, 15) is 14.4 Å². The zero-order valence-corrected chi connectivity index (χ0v) is 19.7. The summed E-state index contributed by atoms with van der Waals surface area (Å²) in [5.41, 5.74) is -0.0184. The minimum Gasteiger partial charge on any atom is -0.451 e. The summed E-state index contributed by atoms with van der Waals surface area (Å²) in [6, 6.07) is 0. The van der Waals surface area contributed by atoms with Crippen LogP contribution in [0.2, 0.25) is 0 Å². The highest BCUT2D eigenvalue weighted by Crippen LogP contribution is 2.66. The summed E-state index contributed by atoms with van der Waals surface area (Å²) in [4.78, 5) is 37.1. The lowest BCUT2D eigenvalue weighted by Crippen LogP contribution is -2.59. The maximum atomic E-state index is 13.3. The molecule has 6 atom stereocenters. The molecule has 0 heterocycles. The van der Waals surface area contributed by atoms with Gasteiger partial charge in [-0.15, -0.1) is 0 Å². The number of hydrogen-bond donors (Lipinski definition) is 0. The minimum absolute atomic E-state index is 0.0641. The van der Waals surface area contributed by atoms with Crippen molar-refractivity contribution in [2.75, 3.05) is 0 Å². The molecule has 0 aromatic rings. The topological polar surface area (TPSA) is 60.4 Å². The maximum Gasteiger partial charge on any atom is 0.303 e. The number of Topliss-reactive ketones (excluding diaryl/α,β-unsaturated/α-hetero) is 1. The van der Waals surface area contributed by atoms with Crippen molar-refractivity contribution in [3.8, 4) is 0 Å². The Morgan fingerprint density at radius 3 is 2.54 bits per heavy atom. The second-order valence-electron chi connectivity index (χ2n) is 9.38. The first-order chi connectivity index (χ1) is 13.2. The summed E-state index contributed by atoms with van der Waals surface area (Å²) < 4.78 is 5.37. The molecule has 0 aromatic heterocycles. The molecule has 6 heteroatoms. The fraction of sp³-hybridized carbons (Fsp3) is 0.773. The zero-order valence-electron chi connectivity index (χ0n) is 16.5. The quantitative estimate of drug-likeness (QED) is 0.387. The van der Waals surface area contributed by atoms with E-state index in [1.54, 1.807) is 0 Å². The van der Waals surface area contributed by atoms with E-state index in [0.717, 1.165) is 38.5 Å². The Morgan fingerprint density at radius 1 is 1.11 bits per heavy atom. The van der Waals surface area contributed by atoms with Gasteiger partial charge in [0.2, 0.25) is 5.78 Å². The normalized spacial score (nSPS) is 42.3. The first kappa shape index (κ1) is 20.8. The van der Waals surface area contributed by atoms with Crippen LogP contribution in [-0.2, 0) is 19.1 Å². The molecule has 3 fully saturated rings. The van der Waals surface area contributed by atoms with Gasteiger partial charge in [-0.25, -0.2) is 0 Å². The van der Waals surface area contributed by atoms with Gasteiger partial charge < -0.3 is 4.74 Å². The maximum absolute atomic E-state index is 13.3. The van der Waals surface area contributed by atoms with Crippen molar-refractivity contribution in [3.63, 3.8) is 0 Å². The van der Waals surface area contributed by atoms with Gasteiger partial charge in [0.05, 0.1) is 0 Å². The first-order valence-electron chi connectivity index (χ1n) is 10.4. The minimum atomic E-state index is -1.05. The number of alkyl halides is 2. The van der Waals surface area contributed by atoms with Crippen LogP contribution < -0.4 is 0 Å². The van der Waals surface area contributed by atoms with E-state index in [2.05, 4.69) is 38.8 Å². The fourth-order valence-electron chi connectivity index (χ4n) is 7.22. The van der Waals surface area contributed by atoms with E-state index in [1.807, 2.05) is 6.08 Å². The highest BCUT2D eigenvalue weighted by molar-refractivity contribution is 9.25. The molecule has 0 amide bonds. The Labute approximate surface area is 183 Å². The summed E-state index contributed by atoms with van der Waals surface area (Å²) in [6.07, 6.45) is 9.11. The third kappa shape index (κ3) is 3.00. The van der Waals surface area contributed by atoms with Gasteiger partial charge in [0, 0.05) is 18.8 Å². The molecule has 0 aromatic carbocycles. The number of allylic oxidation sites excluding steroid dienone is 1. The third-order valence-corrected chi connectivity index (χ3v) is 9.17. The van der Waals surface area contributed by atoms with Gasteiger partial charge in [-0.1, -0.05) is 44.4 Å². The van der Waals surface area contributed by atoms with Gasteiger partial charge >= 0.3 is 5.97 Å². The number of halogens is 2. The molecule has 6 unspecified atom stereocenters. The Bertz CT molecular complexity index is 745. The molecule has 154 valence electrons. The van der Waals surface area contributed by atoms with Gasteiger partial charge in [-0.3, -0.25) is 14.4 Å². The number of carbonyl (C=O) groups excluding carboxylic acids is 3. The van der Waals surface area contributed by atoms with E-state index >= 15 is 0 Å². The van der Waals surface area contributed by atoms with Crippen molar-refractivity contribution in [2.24, 2.45) is 29.1 Å². The number of rotatable bonds is 3. The summed E-state index contributed by atoms with van der Waals surface area (Å²) >= 11 is 6.74. The summed E-state index contributed by atoms with van der Waals surface area (Å²) in [6.45, 7) is 3.59. The molecule has 4 nitrogen and oxygen atoms in total. The first-order valence-corrected chi connectivity index (χ1v) is 12.3. The van der Waals surface area contributed by atoms with Crippen LogP contribution in [0.5, 0.6) is 0 Å². The zero-order chi connectivity index (χ0) is 20.3. The molecule has 0 radical (unpaired) electrons. The number of esters is 1. The molecule has 4 aliphatic rings. The van der Waals surface area contributed by atoms with Crippen molar-refractivity contribution < 1.29 is 19.1 Å². The van der Waals surface area contributed by atoms with E-state index in [-0.39, 0.29) is 23.0 Å². The molecule has 4 aliphatic carbocycles. The monoisotopic (exact) mass is 514 g/mol. The second-order valence-corrected chi connectivity index (χ2v) is 12.4. The highest BCUT2D eigenvalue weighted by Gasteiger charge is 2.68. The van der Waals surface area contributed by atoms with Crippen LogP contribution in [0.3, 0.4) is 0 Å². The largest absolute Gasteiger partial charge is 0.451 e. The van der Waals surface area contributed by atoms with Crippen molar-refractivity contribution in [2.45, 2.75) is 74.6 Å². The van der Waals surface area contributed by atoms with Crippen LogP contribution >= 0.6 is 31.9 Å². The molecule has 28 heavy (non-hydrogen) atoms. The molecule has 0 saturated heterocycles.